The Morgan fingerprint density at radius 1 is 0.750 bits per heavy atom. The standard InChI is InChI=1S/C20H36O8/c1-16(15-27-18(21)11-7-5-9-13-24-3)28-19(22)12-8-6-10-14-26-20(23)17(2)25-4/h16-17H,5-15H2,1-4H3. The average Bonchev–Trinajstić information content (AvgIpc) is 2.67. The van der Waals surface area contributed by atoms with E-state index in [-0.39, 0.29) is 30.9 Å². The Kier molecular flexibility index (Phi) is 16.4. The maximum Gasteiger partial charge on any atom is 0.334 e. The van der Waals surface area contributed by atoms with Gasteiger partial charge < -0.3 is 23.7 Å². The molecule has 0 heterocycles. The second kappa shape index (κ2) is 17.4. The lowest BCUT2D eigenvalue weighted by Gasteiger charge is -2.13. The van der Waals surface area contributed by atoms with Crippen molar-refractivity contribution < 1.29 is 38.1 Å². The molecular formula is C20H36O8. The quantitative estimate of drug-likeness (QED) is 0.207. The van der Waals surface area contributed by atoms with Gasteiger partial charge in [0.05, 0.1) is 6.61 Å². The fourth-order valence-electron chi connectivity index (χ4n) is 2.23. The molecule has 0 rings (SSSR count). The van der Waals surface area contributed by atoms with E-state index in [2.05, 4.69) is 0 Å². The first kappa shape index (κ1) is 26.3. The molecule has 0 amide bonds. The zero-order valence-corrected chi connectivity index (χ0v) is 17.7. The fourth-order valence-corrected chi connectivity index (χ4v) is 2.23. The summed E-state index contributed by atoms with van der Waals surface area (Å²) in [7, 11) is 3.10. The van der Waals surface area contributed by atoms with Crippen molar-refractivity contribution in [2.45, 2.75) is 77.4 Å². The molecule has 2 unspecified atom stereocenters. The van der Waals surface area contributed by atoms with Crippen LogP contribution in [-0.4, -0.2) is 64.2 Å². The number of carbonyl (C=O) groups is 3. The lowest BCUT2D eigenvalue weighted by Crippen LogP contribution is -2.22. The van der Waals surface area contributed by atoms with Crippen LogP contribution in [0.5, 0.6) is 0 Å². The van der Waals surface area contributed by atoms with Gasteiger partial charge >= 0.3 is 17.9 Å². The summed E-state index contributed by atoms with van der Waals surface area (Å²) in [6, 6.07) is 0. The minimum atomic E-state index is -0.568. The van der Waals surface area contributed by atoms with E-state index < -0.39 is 12.2 Å². The van der Waals surface area contributed by atoms with Crippen LogP contribution in [-0.2, 0) is 38.1 Å². The summed E-state index contributed by atoms with van der Waals surface area (Å²) in [6.45, 7) is 4.38. The van der Waals surface area contributed by atoms with E-state index in [1.54, 1.807) is 21.0 Å². The molecule has 0 aromatic heterocycles. The molecule has 8 heteroatoms. The highest BCUT2D eigenvalue weighted by Crippen LogP contribution is 2.06. The second-order valence-electron chi connectivity index (χ2n) is 6.64. The van der Waals surface area contributed by atoms with Crippen LogP contribution in [0.15, 0.2) is 0 Å². The second-order valence-corrected chi connectivity index (χ2v) is 6.64. The number of carbonyl (C=O) groups excluding carboxylic acids is 3. The smallest absolute Gasteiger partial charge is 0.334 e. The first-order valence-corrected chi connectivity index (χ1v) is 9.94. The highest BCUT2D eigenvalue weighted by Gasteiger charge is 2.13. The van der Waals surface area contributed by atoms with Gasteiger partial charge in [0, 0.05) is 33.7 Å². The number of esters is 3. The topological polar surface area (TPSA) is 97.4 Å². The van der Waals surface area contributed by atoms with Crippen LogP contribution in [0.4, 0.5) is 0 Å². The molecule has 0 aromatic carbocycles. The van der Waals surface area contributed by atoms with Gasteiger partial charge in [-0.05, 0) is 46.0 Å². The van der Waals surface area contributed by atoms with E-state index >= 15 is 0 Å². The van der Waals surface area contributed by atoms with Gasteiger partial charge in [0.15, 0.2) is 6.10 Å². The Labute approximate surface area is 168 Å². The molecule has 0 fully saturated rings. The van der Waals surface area contributed by atoms with Gasteiger partial charge in [0.2, 0.25) is 0 Å². The summed E-state index contributed by atoms with van der Waals surface area (Å²) in [4.78, 5) is 34.8. The Hall–Kier alpha value is -1.67. The molecule has 0 aromatic rings. The average molecular weight is 405 g/mol. The molecule has 0 aliphatic heterocycles. The molecule has 0 spiro atoms. The molecule has 8 nitrogen and oxygen atoms in total. The molecule has 0 saturated carbocycles. The SMILES string of the molecule is COCCCCCC(=O)OCC(C)OC(=O)CCCCCOC(=O)C(C)OC. The van der Waals surface area contributed by atoms with E-state index in [4.69, 9.17) is 23.7 Å². The molecule has 0 bridgehead atoms. The van der Waals surface area contributed by atoms with Crippen molar-refractivity contribution in [3.8, 4) is 0 Å². The molecule has 0 N–H and O–H groups in total. The summed E-state index contributed by atoms with van der Waals surface area (Å²) in [6.07, 6.45) is 4.26. The van der Waals surface area contributed by atoms with Crippen LogP contribution < -0.4 is 0 Å². The van der Waals surface area contributed by atoms with Crippen LogP contribution in [0.2, 0.25) is 0 Å². The van der Waals surface area contributed by atoms with Gasteiger partial charge in [0.25, 0.3) is 0 Å². The number of ether oxygens (including phenoxy) is 5. The van der Waals surface area contributed by atoms with E-state index in [1.807, 2.05) is 0 Å². The molecular weight excluding hydrogens is 368 g/mol. The Balaban J connectivity index is 3.62. The van der Waals surface area contributed by atoms with E-state index in [0.717, 1.165) is 25.7 Å². The lowest BCUT2D eigenvalue weighted by atomic mass is 10.2. The van der Waals surface area contributed by atoms with Gasteiger partial charge in [-0.15, -0.1) is 0 Å². The molecule has 28 heavy (non-hydrogen) atoms. The predicted molar refractivity (Wildman–Crippen MR) is 103 cm³/mol. The summed E-state index contributed by atoms with van der Waals surface area (Å²) >= 11 is 0. The summed E-state index contributed by atoms with van der Waals surface area (Å²) in [5.74, 6) is -0.994. The molecule has 164 valence electrons. The van der Waals surface area contributed by atoms with Crippen molar-refractivity contribution in [2.75, 3.05) is 34.0 Å². The summed E-state index contributed by atoms with van der Waals surface area (Å²) < 4.78 is 25.2. The van der Waals surface area contributed by atoms with Gasteiger partial charge in [0.1, 0.15) is 12.7 Å². The zero-order valence-electron chi connectivity index (χ0n) is 17.7. The highest BCUT2D eigenvalue weighted by atomic mass is 16.6. The van der Waals surface area contributed by atoms with Crippen molar-refractivity contribution in [3.63, 3.8) is 0 Å². The number of hydrogen-bond acceptors (Lipinski definition) is 8. The first-order valence-electron chi connectivity index (χ1n) is 9.94. The fraction of sp³-hybridized carbons (Fsp3) is 0.850. The van der Waals surface area contributed by atoms with Gasteiger partial charge in [-0.3, -0.25) is 9.59 Å². The molecule has 0 radical (unpaired) electrons. The number of methoxy groups -OCH3 is 2. The maximum atomic E-state index is 11.8. The van der Waals surface area contributed by atoms with Crippen molar-refractivity contribution in [1.29, 1.82) is 0 Å². The first-order chi connectivity index (χ1) is 13.4. The Bertz CT molecular complexity index is 438. The monoisotopic (exact) mass is 404 g/mol. The molecule has 0 aliphatic rings. The minimum absolute atomic E-state index is 0.0658. The number of unbranched alkanes of at least 4 members (excludes halogenated alkanes) is 4. The van der Waals surface area contributed by atoms with Crippen LogP contribution in [0.25, 0.3) is 0 Å². The predicted octanol–water partition coefficient (Wildman–Crippen LogP) is 2.81. The van der Waals surface area contributed by atoms with E-state index in [0.29, 0.717) is 32.5 Å². The third-order valence-corrected chi connectivity index (χ3v) is 4.00. The molecule has 0 aliphatic carbocycles. The number of rotatable bonds is 17. The van der Waals surface area contributed by atoms with Crippen molar-refractivity contribution in [2.24, 2.45) is 0 Å². The van der Waals surface area contributed by atoms with Crippen LogP contribution >= 0.6 is 0 Å². The van der Waals surface area contributed by atoms with Crippen LogP contribution in [0.3, 0.4) is 0 Å². The lowest BCUT2D eigenvalue weighted by molar-refractivity contribution is -0.158. The van der Waals surface area contributed by atoms with Crippen molar-refractivity contribution in [1.82, 2.24) is 0 Å². The maximum absolute atomic E-state index is 11.8. The third-order valence-electron chi connectivity index (χ3n) is 4.00. The highest BCUT2D eigenvalue weighted by molar-refractivity contribution is 5.74. The Morgan fingerprint density at radius 3 is 1.96 bits per heavy atom. The Morgan fingerprint density at radius 2 is 1.36 bits per heavy atom. The van der Waals surface area contributed by atoms with Gasteiger partial charge in [-0.1, -0.05) is 6.42 Å². The molecule has 0 saturated heterocycles. The zero-order chi connectivity index (χ0) is 21.2. The summed E-state index contributed by atoms with van der Waals surface area (Å²) in [5.41, 5.74) is 0. The van der Waals surface area contributed by atoms with Gasteiger partial charge in [-0.2, -0.15) is 0 Å². The van der Waals surface area contributed by atoms with Crippen LogP contribution in [0.1, 0.15) is 65.2 Å². The largest absolute Gasteiger partial charge is 0.464 e. The molecule has 2 atom stereocenters. The van der Waals surface area contributed by atoms with E-state index in [1.165, 1.54) is 7.11 Å². The number of hydrogen-bond donors (Lipinski definition) is 0. The van der Waals surface area contributed by atoms with Crippen molar-refractivity contribution in [3.05, 3.63) is 0 Å². The van der Waals surface area contributed by atoms with E-state index in [9.17, 15) is 14.4 Å². The third kappa shape index (κ3) is 15.4. The minimum Gasteiger partial charge on any atom is -0.464 e. The van der Waals surface area contributed by atoms with Gasteiger partial charge in [-0.25, -0.2) is 4.79 Å². The van der Waals surface area contributed by atoms with Crippen LogP contribution in [0, 0.1) is 0 Å². The normalized spacial score (nSPS) is 12.9. The summed E-state index contributed by atoms with van der Waals surface area (Å²) in [5, 5.41) is 0. The van der Waals surface area contributed by atoms with Crippen molar-refractivity contribution >= 4 is 17.9 Å².